The van der Waals surface area contributed by atoms with Gasteiger partial charge in [0, 0.05) is 18.3 Å². The molecule has 0 atom stereocenters. The van der Waals surface area contributed by atoms with Gasteiger partial charge in [0.1, 0.15) is 0 Å². The van der Waals surface area contributed by atoms with Crippen molar-refractivity contribution in [2.75, 3.05) is 0 Å². The van der Waals surface area contributed by atoms with Crippen LogP contribution in [0.15, 0.2) is 24.5 Å². The molecule has 0 aliphatic carbocycles. The first kappa shape index (κ1) is 14.5. The third-order valence-electron chi connectivity index (χ3n) is 2.95. The van der Waals surface area contributed by atoms with Crippen molar-refractivity contribution < 1.29 is 13.2 Å². The van der Waals surface area contributed by atoms with Crippen LogP contribution < -0.4 is 5.73 Å². The number of nitrogens with zero attached hydrogens (tertiary/aromatic N) is 3. The number of alkyl halides is 3. The van der Waals surface area contributed by atoms with Gasteiger partial charge in [-0.2, -0.15) is 18.3 Å². The molecule has 0 fully saturated rings. The summed E-state index contributed by atoms with van der Waals surface area (Å²) >= 11 is 0. The Hall–Kier alpha value is -1.89. The highest BCUT2D eigenvalue weighted by Gasteiger charge is 2.30. The van der Waals surface area contributed by atoms with Crippen LogP contribution in [0, 0.1) is 0 Å². The van der Waals surface area contributed by atoms with E-state index in [9.17, 15) is 13.2 Å². The first-order chi connectivity index (χ1) is 9.47. The molecule has 0 aliphatic heterocycles. The first-order valence-corrected chi connectivity index (χ1v) is 6.26. The van der Waals surface area contributed by atoms with E-state index in [1.165, 1.54) is 6.07 Å². The maximum absolute atomic E-state index is 12.5. The standard InChI is InChI=1S/C13H15F3N4/c1-2-3-11-9(6-17)7-19-20(11)12-5-4-10(8-18-12)13(14,15)16/h4-5,7-8H,2-3,6,17H2,1H3. The highest BCUT2D eigenvalue weighted by molar-refractivity contribution is 5.31. The van der Waals surface area contributed by atoms with Crippen molar-refractivity contribution in [3.8, 4) is 5.82 Å². The Kier molecular flexibility index (Phi) is 4.08. The molecule has 4 nitrogen and oxygen atoms in total. The molecule has 2 aromatic rings. The molecule has 0 unspecified atom stereocenters. The Morgan fingerprint density at radius 1 is 1.25 bits per heavy atom. The van der Waals surface area contributed by atoms with E-state index in [0.29, 0.717) is 12.4 Å². The Morgan fingerprint density at radius 3 is 2.50 bits per heavy atom. The summed E-state index contributed by atoms with van der Waals surface area (Å²) in [5.74, 6) is 0.362. The summed E-state index contributed by atoms with van der Waals surface area (Å²) in [6.45, 7) is 2.35. The van der Waals surface area contributed by atoms with Crippen molar-refractivity contribution in [1.29, 1.82) is 0 Å². The third-order valence-corrected chi connectivity index (χ3v) is 2.95. The highest BCUT2D eigenvalue weighted by Crippen LogP contribution is 2.28. The van der Waals surface area contributed by atoms with Crippen molar-refractivity contribution in [3.05, 3.63) is 41.3 Å². The molecule has 0 spiro atoms. The van der Waals surface area contributed by atoms with Gasteiger partial charge in [0.2, 0.25) is 0 Å². The molecule has 0 bridgehead atoms. The van der Waals surface area contributed by atoms with Gasteiger partial charge in [0.05, 0.1) is 17.5 Å². The number of nitrogens with two attached hydrogens (primary N) is 1. The summed E-state index contributed by atoms with van der Waals surface area (Å²) in [6, 6.07) is 2.32. The van der Waals surface area contributed by atoms with Gasteiger partial charge in [0.15, 0.2) is 5.82 Å². The molecule has 0 saturated heterocycles. The number of hydrogen-bond acceptors (Lipinski definition) is 3. The first-order valence-electron chi connectivity index (χ1n) is 6.26. The van der Waals surface area contributed by atoms with E-state index in [1.807, 2.05) is 6.92 Å². The zero-order chi connectivity index (χ0) is 14.8. The molecule has 0 radical (unpaired) electrons. The molecular formula is C13H15F3N4. The van der Waals surface area contributed by atoms with E-state index in [-0.39, 0.29) is 0 Å². The third kappa shape index (κ3) is 2.82. The van der Waals surface area contributed by atoms with Crippen LogP contribution in [-0.4, -0.2) is 14.8 Å². The van der Waals surface area contributed by atoms with Crippen LogP contribution in [-0.2, 0) is 19.1 Å². The van der Waals surface area contributed by atoms with Crippen molar-refractivity contribution in [3.63, 3.8) is 0 Å². The van der Waals surface area contributed by atoms with E-state index < -0.39 is 11.7 Å². The molecule has 7 heteroatoms. The maximum Gasteiger partial charge on any atom is 0.417 e. The van der Waals surface area contributed by atoms with E-state index in [2.05, 4.69) is 10.1 Å². The quantitative estimate of drug-likeness (QED) is 0.939. The molecule has 0 amide bonds. The van der Waals surface area contributed by atoms with Crippen LogP contribution in [0.1, 0.15) is 30.2 Å². The van der Waals surface area contributed by atoms with Gasteiger partial charge < -0.3 is 5.73 Å². The highest BCUT2D eigenvalue weighted by atomic mass is 19.4. The Labute approximate surface area is 114 Å². The number of pyridine rings is 1. The molecule has 108 valence electrons. The lowest BCUT2D eigenvalue weighted by Gasteiger charge is -2.09. The summed E-state index contributed by atoms with van der Waals surface area (Å²) in [6.07, 6.45) is -0.307. The van der Waals surface area contributed by atoms with Gasteiger partial charge in [-0.05, 0) is 18.6 Å². The lowest BCUT2D eigenvalue weighted by molar-refractivity contribution is -0.137. The molecule has 2 aromatic heterocycles. The van der Waals surface area contributed by atoms with Gasteiger partial charge in [-0.3, -0.25) is 0 Å². The van der Waals surface area contributed by atoms with Crippen LogP contribution in [0.25, 0.3) is 5.82 Å². The fraction of sp³-hybridized carbons (Fsp3) is 0.385. The second-order valence-electron chi connectivity index (χ2n) is 4.39. The number of rotatable bonds is 4. The summed E-state index contributed by atoms with van der Waals surface area (Å²) in [5, 5.41) is 4.16. The van der Waals surface area contributed by atoms with Gasteiger partial charge in [-0.25, -0.2) is 9.67 Å². The average molecular weight is 284 g/mol. The summed E-state index contributed by atoms with van der Waals surface area (Å²) in [5.41, 5.74) is 6.63. The Bertz CT molecular complexity index is 572. The van der Waals surface area contributed by atoms with Gasteiger partial charge in [-0.15, -0.1) is 0 Å². The lowest BCUT2D eigenvalue weighted by Crippen LogP contribution is -2.10. The summed E-state index contributed by atoms with van der Waals surface area (Å²) in [4.78, 5) is 3.85. The molecule has 0 aromatic carbocycles. The van der Waals surface area contributed by atoms with Crippen LogP contribution >= 0.6 is 0 Å². The Morgan fingerprint density at radius 2 is 2.00 bits per heavy atom. The van der Waals surface area contributed by atoms with Crippen LogP contribution in [0.5, 0.6) is 0 Å². The largest absolute Gasteiger partial charge is 0.417 e. The van der Waals surface area contributed by atoms with Crippen molar-refractivity contribution in [2.24, 2.45) is 5.73 Å². The van der Waals surface area contributed by atoms with Crippen molar-refractivity contribution in [2.45, 2.75) is 32.5 Å². The molecular weight excluding hydrogens is 269 g/mol. The fourth-order valence-electron chi connectivity index (χ4n) is 1.96. The maximum atomic E-state index is 12.5. The minimum Gasteiger partial charge on any atom is -0.326 e. The molecule has 2 rings (SSSR count). The SMILES string of the molecule is CCCc1c(CN)cnn1-c1ccc(C(F)(F)F)cn1. The minimum atomic E-state index is -4.38. The zero-order valence-electron chi connectivity index (χ0n) is 11.0. The van der Waals surface area contributed by atoms with Crippen molar-refractivity contribution >= 4 is 0 Å². The number of halogens is 3. The molecule has 20 heavy (non-hydrogen) atoms. The van der Waals surface area contributed by atoms with E-state index in [4.69, 9.17) is 5.73 Å². The monoisotopic (exact) mass is 284 g/mol. The van der Waals surface area contributed by atoms with E-state index in [0.717, 1.165) is 36.4 Å². The predicted molar refractivity (Wildman–Crippen MR) is 68.2 cm³/mol. The number of aromatic nitrogens is 3. The number of hydrogen-bond donors (Lipinski definition) is 1. The second kappa shape index (κ2) is 5.62. The van der Waals surface area contributed by atoms with Crippen LogP contribution in [0.4, 0.5) is 13.2 Å². The normalized spacial score (nSPS) is 11.8. The minimum absolute atomic E-state index is 0.343. The molecule has 2 heterocycles. The van der Waals surface area contributed by atoms with Crippen molar-refractivity contribution in [1.82, 2.24) is 14.8 Å². The van der Waals surface area contributed by atoms with Crippen LogP contribution in [0.3, 0.4) is 0 Å². The van der Waals surface area contributed by atoms with Crippen LogP contribution in [0.2, 0.25) is 0 Å². The molecule has 0 aliphatic rings. The second-order valence-corrected chi connectivity index (χ2v) is 4.39. The zero-order valence-corrected chi connectivity index (χ0v) is 11.0. The van der Waals surface area contributed by atoms with E-state index >= 15 is 0 Å². The lowest BCUT2D eigenvalue weighted by atomic mass is 10.1. The van der Waals surface area contributed by atoms with Gasteiger partial charge >= 0.3 is 6.18 Å². The van der Waals surface area contributed by atoms with E-state index in [1.54, 1.807) is 10.9 Å². The molecule has 2 N–H and O–H groups in total. The topological polar surface area (TPSA) is 56.7 Å². The van der Waals surface area contributed by atoms with Gasteiger partial charge in [-0.1, -0.05) is 13.3 Å². The smallest absolute Gasteiger partial charge is 0.326 e. The predicted octanol–water partition coefficient (Wildman–Crippen LogP) is 2.70. The fourth-order valence-corrected chi connectivity index (χ4v) is 1.96. The Balaban J connectivity index is 2.39. The summed E-state index contributed by atoms with van der Waals surface area (Å²) in [7, 11) is 0. The summed E-state index contributed by atoms with van der Waals surface area (Å²) < 4.78 is 39.1. The average Bonchev–Trinajstić information content (AvgIpc) is 2.81. The molecule has 0 saturated carbocycles. The van der Waals surface area contributed by atoms with Gasteiger partial charge in [0.25, 0.3) is 0 Å².